The molecule has 0 unspecified atom stereocenters. The number of hydrogen-bond acceptors (Lipinski definition) is 1. The predicted octanol–water partition coefficient (Wildman–Crippen LogP) is 5.76. The molecule has 0 N–H and O–H groups in total. The highest BCUT2D eigenvalue weighted by molar-refractivity contribution is 8.53. The predicted molar refractivity (Wildman–Crippen MR) is 89.4 cm³/mol. The quantitative estimate of drug-likeness (QED) is 0.527. The molecule has 0 aliphatic carbocycles. The minimum atomic E-state index is -1.26. The Morgan fingerprint density at radius 2 is 1.16 bits per heavy atom. The maximum atomic E-state index is 5.17. The first-order valence-electron chi connectivity index (χ1n) is 6.88. The first kappa shape index (κ1) is 13.2. The summed E-state index contributed by atoms with van der Waals surface area (Å²) in [5.74, 6) is 0. The Hall–Kier alpha value is -0.780. The van der Waals surface area contributed by atoms with E-state index in [4.69, 9.17) is 12.2 Å². The van der Waals surface area contributed by atoms with E-state index >= 15 is 0 Å². The molecule has 0 bridgehead atoms. The fourth-order valence-corrected chi connectivity index (χ4v) is 8.17. The van der Waals surface area contributed by atoms with Crippen LogP contribution in [0.15, 0.2) is 60.7 Å². The van der Waals surface area contributed by atoms with Crippen LogP contribution in [0.2, 0.25) is 0 Å². The van der Waals surface area contributed by atoms with Gasteiger partial charge in [0.25, 0.3) is 0 Å². The molecule has 2 aromatic carbocycles. The Morgan fingerprint density at radius 3 is 1.53 bits per heavy atom. The smallest absolute Gasteiger partial charge is 0.0622 e. The summed E-state index contributed by atoms with van der Waals surface area (Å²) in [6.07, 6.45) is 2.55. The maximum absolute atomic E-state index is 5.17. The molecule has 2 heteroatoms. The molecule has 1 fully saturated rings. The lowest BCUT2D eigenvalue weighted by atomic mass is 10.0. The molecule has 3 rings (SSSR count). The minimum Gasteiger partial charge on any atom is -0.0622 e. The van der Waals surface area contributed by atoms with Crippen LogP contribution in [0.1, 0.15) is 35.3 Å². The van der Waals surface area contributed by atoms with Crippen LogP contribution >= 0.6 is 18.7 Å². The van der Waals surface area contributed by atoms with Crippen LogP contribution in [-0.4, -0.2) is 6.66 Å². The molecule has 0 spiro atoms. The lowest BCUT2D eigenvalue weighted by Gasteiger charge is -2.25. The van der Waals surface area contributed by atoms with Gasteiger partial charge in [0.1, 0.15) is 11.3 Å². The summed E-state index contributed by atoms with van der Waals surface area (Å²) in [6.45, 7) is 1.15. The zero-order valence-corrected chi connectivity index (χ0v) is 13.0. The highest BCUT2D eigenvalue weighted by Crippen LogP contribution is 2.85. The van der Waals surface area contributed by atoms with Gasteiger partial charge in [0.15, 0.2) is 0 Å². The Kier molecular flexibility index (Phi) is 3.69. The summed E-state index contributed by atoms with van der Waals surface area (Å²) >= 11 is 5.17. The second-order valence-electron chi connectivity index (χ2n) is 5.53. The van der Waals surface area contributed by atoms with Gasteiger partial charge in [-0.25, -0.2) is 0 Å². The van der Waals surface area contributed by atoms with E-state index in [0.717, 1.165) is 0 Å². The van der Waals surface area contributed by atoms with Gasteiger partial charge in [0.05, 0.1) is 13.1 Å². The van der Waals surface area contributed by atoms with Gasteiger partial charge in [0.2, 0.25) is 0 Å². The minimum absolute atomic E-state index is 0.655. The van der Waals surface area contributed by atoms with Crippen molar-refractivity contribution in [2.75, 3.05) is 6.66 Å². The van der Waals surface area contributed by atoms with Gasteiger partial charge in [0, 0.05) is 12.2 Å². The van der Waals surface area contributed by atoms with E-state index in [1.165, 1.54) is 24.0 Å². The first-order chi connectivity index (χ1) is 9.19. The molecule has 0 nitrogen and oxygen atoms in total. The summed E-state index contributed by atoms with van der Waals surface area (Å²) < 4.78 is 0. The third kappa shape index (κ3) is 2.47. The van der Waals surface area contributed by atoms with Crippen LogP contribution in [0.5, 0.6) is 0 Å². The number of rotatable bonds is 2. The number of hydrogen-bond donors (Lipinski definition) is 1. The molecule has 0 saturated carbocycles. The van der Waals surface area contributed by atoms with E-state index < -0.39 is 6.46 Å². The van der Waals surface area contributed by atoms with Crippen molar-refractivity contribution < 1.29 is 0 Å². The van der Waals surface area contributed by atoms with E-state index in [2.05, 4.69) is 67.3 Å². The van der Waals surface area contributed by atoms with Crippen molar-refractivity contribution >= 4 is 18.7 Å². The van der Waals surface area contributed by atoms with Gasteiger partial charge in [-0.15, -0.1) is 0 Å². The van der Waals surface area contributed by atoms with Gasteiger partial charge >= 0.3 is 0 Å². The van der Waals surface area contributed by atoms with E-state index in [1.54, 1.807) is 0 Å². The fourth-order valence-electron chi connectivity index (χ4n) is 3.34. The lowest BCUT2D eigenvalue weighted by molar-refractivity contribution is 0.765. The molecule has 2 atom stereocenters. The lowest BCUT2D eigenvalue weighted by Crippen LogP contribution is -1.99. The summed E-state index contributed by atoms with van der Waals surface area (Å²) in [6, 6.07) is 21.9. The van der Waals surface area contributed by atoms with Crippen LogP contribution in [0, 0.1) is 0 Å². The van der Waals surface area contributed by atoms with Crippen LogP contribution in [0.4, 0.5) is 0 Å². The monoisotopic (exact) mass is 287 g/mol. The topological polar surface area (TPSA) is 0 Å². The Morgan fingerprint density at radius 1 is 0.789 bits per heavy atom. The molecule has 19 heavy (non-hydrogen) atoms. The SMILES string of the molecule is C[P+]1(S)[C@H](c2ccccc2)CC[C@H]1c1ccccc1. The zero-order valence-electron chi connectivity index (χ0n) is 11.2. The largest absolute Gasteiger partial charge is 0.105 e. The molecule has 0 radical (unpaired) electrons. The highest BCUT2D eigenvalue weighted by atomic mass is 32.7. The summed E-state index contributed by atoms with van der Waals surface area (Å²) in [5.41, 5.74) is 4.27. The van der Waals surface area contributed by atoms with Gasteiger partial charge in [-0.3, -0.25) is 0 Å². The molecule has 98 valence electrons. The van der Waals surface area contributed by atoms with Gasteiger partial charge in [-0.05, 0) is 24.0 Å². The van der Waals surface area contributed by atoms with E-state index in [-0.39, 0.29) is 0 Å². The normalized spacial score (nSPS) is 25.4. The van der Waals surface area contributed by atoms with Gasteiger partial charge in [-0.2, -0.15) is 0 Å². The van der Waals surface area contributed by atoms with Gasteiger partial charge in [-0.1, -0.05) is 60.7 Å². The first-order valence-corrected chi connectivity index (χ1v) is 10.4. The molecule has 0 amide bonds. The van der Waals surface area contributed by atoms with Crippen molar-refractivity contribution in [1.82, 2.24) is 0 Å². The van der Waals surface area contributed by atoms with E-state index in [1.807, 2.05) is 0 Å². The molecule has 1 saturated heterocycles. The van der Waals surface area contributed by atoms with Crippen molar-refractivity contribution in [3.05, 3.63) is 71.8 Å². The summed E-state index contributed by atoms with van der Waals surface area (Å²) in [4.78, 5) is 0. The Balaban J connectivity index is 1.92. The third-order valence-corrected chi connectivity index (χ3v) is 9.65. The molecule has 1 heterocycles. The molecular weight excluding hydrogens is 267 g/mol. The molecular formula is C17H20PS+. The second-order valence-corrected chi connectivity index (χ2v) is 11.6. The summed E-state index contributed by atoms with van der Waals surface area (Å²) in [7, 11) is 0. The van der Waals surface area contributed by atoms with Crippen molar-refractivity contribution in [1.29, 1.82) is 0 Å². The van der Waals surface area contributed by atoms with Crippen molar-refractivity contribution in [3.63, 3.8) is 0 Å². The van der Waals surface area contributed by atoms with Crippen LogP contribution in [0.25, 0.3) is 0 Å². The van der Waals surface area contributed by atoms with Gasteiger partial charge < -0.3 is 0 Å². The Labute approximate surface area is 121 Å². The molecule has 2 aromatic rings. The van der Waals surface area contributed by atoms with Crippen molar-refractivity contribution in [3.8, 4) is 0 Å². The average molecular weight is 287 g/mol. The standard InChI is InChI=1S/C17H20PS/c1-18(19)16(14-8-4-2-5-9-14)12-13-17(18)15-10-6-3-7-11-15/h2-11,16-17,19H,12-13H2,1H3/q+1/t16-,17-/m0/s1. The maximum Gasteiger partial charge on any atom is 0.105 e. The third-order valence-electron chi connectivity index (χ3n) is 4.34. The number of thiol groups is 1. The van der Waals surface area contributed by atoms with Crippen LogP contribution < -0.4 is 0 Å². The zero-order chi connectivity index (χ0) is 13.3. The van der Waals surface area contributed by atoms with Crippen LogP contribution in [-0.2, 0) is 0 Å². The fraction of sp³-hybridized carbons (Fsp3) is 0.294. The molecule has 1 aliphatic rings. The van der Waals surface area contributed by atoms with Crippen LogP contribution in [0.3, 0.4) is 0 Å². The van der Waals surface area contributed by atoms with E-state index in [9.17, 15) is 0 Å². The molecule has 1 aliphatic heterocycles. The van der Waals surface area contributed by atoms with Crippen molar-refractivity contribution in [2.24, 2.45) is 0 Å². The average Bonchev–Trinajstić information content (AvgIpc) is 2.76. The van der Waals surface area contributed by atoms with E-state index in [0.29, 0.717) is 11.3 Å². The second kappa shape index (κ2) is 5.31. The number of benzene rings is 2. The molecule has 0 aromatic heterocycles. The summed E-state index contributed by atoms with van der Waals surface area (Å²) in [5, 5.41) is 0. The Bertz CT molecular complexity index is 486. The van der Waals surface area contributed by atoms with Crippen molar-refractivity contribution in [2.45, 2.75) is 24.2 Å². The highest BCUT2D eigenvalue weighted by Gasteiger charge is 2.52.